The summed E-state index contributed by atoms with van der Waals surface area (Å²) >= 11 is 1.08. The van der Waals surface area contributed by atoms with E-state index in [1.807, 2.05) is 24.3 Å². The first-order chi connectivity index (χ1) is 9.69. The number of carboxylic acid groups (broad SMARTS) is 1. The fourth-order valence-electron chi connectivity index (χ4n) is 1.50. The summed E-state index contributed by atoms with van der Waals surface area (Å²) in [6.07, 6.45) is 0.966. The number of aromatic amines is 1. The topological polar surface area (TPSA) is 88.1 Å². The maximum atomic E-state index is 10.5. The van der Waals surface area contributed by atoms with Crippen molar-refractivity contribution in [1.29, 1.82) is 0 Å². The molecule has 0 fully saturated rings. The predicted molar refractivity (Wildman–Crippen MR) is 76.0 cm³/mol. The lowest BCUT2D eigenvalue weighted by Gasteiger charge is -2.04. The van der Waals surface area contributed by atoms with E-state index in [2.05, 4.69) is 22.1 Å². The molecule has 0 unspecified atom stereocenters. The number of thioether (sulfide) groups is 1. The number of hydrogen-bond donors (Lipinski definition) is 2. The van der Waals surface area contributed by atoms with Gasteiger partial charge in [0.1, 0.15) is 5.75 Å². The van der Waals surface area contributed by atoms with Crippen molar-refractivity contribution in [3.63, 3.8) is 0 Å². The Morgan fingerprint density at radius 1 is 1.40 bits per heavy atom. The van der Waals surface area contributed by atoms with Crippen molar-refractivity contribution in [2.75, 3.05) is 12.4 Å². The van der Waals surface area contributed by atoms with Gasteiger partial charge in [0.25, 0.3) is 0 Å². The molecular formula is C13H15N3O3S. The zero-order valence-corrected chi connectivity index (χ0v) is 11.8. The summed E-state index contributed by atoms with van der Waals surface area (Å²) in [5.74, 6) is 0.482. The van der Waals surface area contributed by atoms with Crippen molar-refractivity contribution in [2.24, 2.45) is 0 Å². The predicted octanol–water partition coefficient (Wildman–Crippen LogP) is 2.44. The SMILES string of the molecule is CCCOc1ccc(-c2nc(SCC(=O)O)n[nH]2)cc1. The number of nitrogens with one attached hydrogen (secondary N) is 1. The molecule has 0 saturated carbocycles. The van der Waals surface area contributed by atoms with E-state index < -0.39 is 5.97 Å². The van der Waals surface area contributed by atoms with Crippen LogP contribution in [0.2, 0.25) is 0 Å². The molecule has 0 bridgehead atoms. The minimum absolute atomic E-state index is 0.0545. The number of aromatic nitrogens is 3. The fourth-order valence-corrected chi connectivity index (χ4v) is 2.01. The molecule has 0 amide bonds. The van der Waals surface area contributed by atoms with E-state index in [9.17, 15) is 4.79 Å². The third kappa shape index (κ3) is 3.99. The standard InChI is InChI=1S/C13H15N3O3S/c1-2-7-19-10-5-3-9(4-6-10)12-14-13(16-15-12)20-8-11(17)18/h3-6H,2,7-8H2,1H3,(H,17,18)(H,14,15,16). The molecule has 2 N–H and O–H groups in total. The van der Waals surface area contributed by atoms with Crippen molar-refractivity contribution >= 4 is 17.7 Å². The first kappa shape index (κ1) is 14.4. The lowest BCUT2D eigenvalue weighted by molar-refractivity contribution is -0.133. The second-order valence-corrected chi connectivity index (χ2v) is 4.96. The van der Waals surface area contributed by atoms with Gasteiger partial charge in [-0.2, -0.15) is 0 Å². The molecule has 0 radical (unpaired) electrons. The molecule has 1 heterocycles. The molecular weight excluding hydrogens is 278 g/mol. The van der Waals surface area contributed by atoms with Gasteiger partial charge in [-0.1, -0.05) is 18.7 Å². The fraction of sp³-hybridized carbons (Fsp3) is 0.308. The second kappa shape index (κ2) is 6.95. The van der Waals surface area contributed by atoms with Crippen LogP contribution in [0.5, 0.6) is 5.75 Å². The number of benzene rings is 1. The van der Waals surface area contributed by atoms with Gasteiger partial charge >= 0.3 is 5.97 Å². The van der Waals surface area contributed by atoms with Gasteiger partial charge in [0.15, 0.2) is 5.82 Å². The number of nitrogens with zero attached hydrogens (tertiary/aromatic N) is 2. The van der Waals surface area contributed by atoms with Gasteiger partial charge in [0.2, 0.25) is 5.16 Å². The van der Waals surface area contributed by atoms with E-state index in [1.165, 1.54) is 0 Å². The average molecular weight is 293 g/mol. The molecule has 1 aromatic heterocycles. The Labute approximate surface area is 120 Å². The van der Waals surface area contributed by atoms with E-state index in [0.29, 0.717) is 17.6 Å². The first-order valence-corrected chi connectivity index (χ1v) is 7.18. The normalized spacial score (nSPS) is 10.4. The maximum absolute atomic E-state index is 10.5. The van der Waals surface area contributed by atoms with Crippen LogP contribution in [0.4, 0.5) is 0 Å². The average Bonchev–Trinajstić information content (AvgIpc) is 2.92. The molecule has 0 aliphatic carbocycles. The van der Waals surface area contributed by atoms with Crippen LogP contribution in [0.1, 0.15) is 13.3 Å². The lowest BCUT2D eigenvalue weighted by atomic mass is 10.2. The van der Waals surface area contributed by atoms with Crippen LogP contribution in [0.15, 0.2) is 29.4 Å². The van der Waals surface area contributed by atoms with Gasteiger partial charge in [0, 0.05) is 5.56 Å². The Morgan fingerprint density at radius 2 is 2.15 bits per heavy atom. The Morgan fingerprint density at radius 3 is 2.80 bits per heavy atom. The van der Waals surface area contributed by atoms with Crippen LogP contribution in [-0.4, -0.2) is 38.6 Å². The highest BCUT2D eigenvalue weighted by Gasteiger charge is 2.08. The molecule has 6 nitrogen and oxygen atoms in total. The van der Waals surface area contributed by atoms with Gasteiger partial charge in [-0.05, 0) is 30.7 Å². The number of H-pyrrole nitrogens is 1. The molecule has 0 saturated heterocycles. The highest BCUT2D eigenvalue weighted by molar-refractivity contribution is 7.99. The summed E-state index contributed by atoms with van der Waals surface area (Å²) in [5.41, 5.74) is 0.878. The van der Waals surface area contributed by atoms with Crippen LogP contribution in [-0.2, 0) is 4.79 Å². The molecule has 0 spiro atoms. The summed E-state index contributed by atoms with van der Waals surface area (Å²) in [4.78, 5) is 14.7. The van der Waals surface area contributed by atoms with Gasteiger partial charge in [-0.15, -0.1) is 5.10 Å². The summed E-state index contributed by atoms with van der Waals surface area (Å²) in [6, 6.07) is 7.52. The molecule has 0 aliphatic rings. The van der Waals surface area contributed by atoms with Crippen LogP contribution >= 0.6 is 11.8 Å². The summed E-state index contributed by atoms with van der Waals surface area (Å²) < 4.78 is 5.50. The van der Waals surface area contributed by atoms with Crippen LogP contribution in [0.3, 0.4) is 0 Å². The number of carboxylic acids is 1. The first-order valence-electron chi connectivity index (χ1n) is 6.19. The molecule has 2 rings (SSSR count). The molecule has 1 aromatic carbocycles. The number of carbonyl (C=O) groups is 1. The van der Waals surface area contributed by atoms with Gasteiger partial charge in [0.05, 0.1) is 12.4 Å². The van der Waals surface area contributed by atoms with E-state index in [0.717, 1.165) is 29.5 Å². The molecule has 7 heteroatoms. The van der Waals surface area contributed by atoms with Crippen molar-refractivity contribution < 1.29 is 14.6 Å². The van der Waals surface area contributed by atoms with Crippen molar-refractivity contribution in [3.05, 3.63) is 24.3 Å². The smallest absolute Gasteiger partial charge is 0.313 e. The minimum atomic E-state index is -0.890. The summed E-state index contributed by atoms with van der Waals surface area (Å²) in [5, 5.41) is 15.8. The van der Waals surface area contributed by atoms with Gasteiger partial charge in [-0.25, -0.2) is 4.98 Å². The van der Waals surface area contributed by atoms with E-state index in [1.54, 1.807) is 0 Å². The third-order valence-corrected chi connectivity index (χ3v) is 3.22. The Hall–Kier alpha value is -2.02. The zero-order chi connectivity index (χ0) is 14.4. The molecule has 20 heavy (non-hydrogen) atoms. The van der Waals surface area contributed by atoms with E-state index in [-0.39, 0.29) is 5.75 Å². The third-order valence-electron chi connectivity index (χ3n) is 2.39. The number of rotatable bonds is 7. The van der Waals surface area contributed by atoms with Gasteiger partial charge in [-0.3, -0.25) is 9.89 Å². The largest absolute Gasteiger partial charge is 0.494 e. The number of hydrogen-bond acceptors (Lipinski definition) is 5. The van der Waals surface area contributed by atoms with Crippen LogP contribution < -0.4 is 4.74 Å². The monoisotopic (exact) mass is 293 g/mol. The zero-order valence-electron chi connectivity index (χ0n) is 11.0. The van der Waals surface area contributed by atoms with Crippen LogP contribution in [0.25, 0.3) is 11.4 Å². The Bertz CT molecular complexity index is 568. The molecule has 0 aliphatic heterocycles. The van der Waals surface area contributed by atoms with Crippen LogP contribution in [0, 0.1) is 0 Å². The molecule has 2 aromatic rings. The molecule has 0 atom stereocenters. The maximum Gasteiger partial charge on any atom is 0.313 e. The van der Waals surface area contributed by atoms with Crippen molar-refractivity contribution in [2.45, 2.75) is 18.5 Å². The molecule has 106 valence electrons. The lowest BCUT2D eigenvalue weighted by Crippen LogP contribution is -1.97. The second-order valence-electron chi connectivity index (χ2n) is 4.02. The minimum Gasteiger partial charge on any atom is -0.494 e. The highest BCUT2D eigenvalue weighted by Crippen LogP contribution is 2.21. The quantitative estimate of drug-likeness (QED) is 0.762. The van der Waals surface area contributed by atoms with E-state index in [4.69, 9.17) is 9.84 Å². The number of ether oxygens (including phenoxy) is 1. The highest BCUT2D eigenvalue weighted by atomic mass is 32.2. The van der Waals surface area contributed by atoms with Crippen molar-refractivity contribution in [3.8, 4) is 17.1 Å². The summed E-state index contributed by atoms with van der Waals surface area (Å²) in [7, 11) is 0. The number of aliphatic carboxylic acids is 1. The van der Waals surface area contributed by atoms with Gasteiger partial charge < -0.3 is 9.84 Å². The Balaban J connectivity index is 2.02. The summed E-state index contributed by atoms with van der Waals surface area (Å²) in [6.45, 7) is 2.75. The van der Waals surface area contributed by atoms with E-state index >= 15 is 0 Å². The Kier molecular flexibility index (Phi) is 5.00. The van der Waals surface area contributed by atoms with Crippen molar-refractivity contribution in [1.82, 2.24) is 15.2 Å².